The van der Waals surface area contributed by atoms with E-state index < -0.39 is 0 Å². The van der Waals surface area contributed by atoms with Gasteiger partial charge >= 0.3 is 0 Å². The summed E-state index contributed by atoms with van der Waals surface area (Å²) in [5, 5.41) is 9.67. The molecule has 5 nitrogen and oxygen atoms in total. The van der Waals surface area contributed by atoms with Crippen molar-refractivity contribution in [3.05, 3.63) is 53.9 Å². The van der Waals surface area contributed by atoms with Crippen molar-refractivity contribution in [2.75, 3.05) is 13.7 Å². The van der Waals surface area contributed by atoms with Crippen LogP contribution >= 0.6 is 0 Å². The van der Waals surface area contributed by atoms with Crippen molar-refractivity contribution in [1.29, 1.82) is 0 Å². The van der Waals surface area contributed by atoms with Gasteiger partial charge in [0.2, 0.25) is 0 Å². The Kier molecular flexibility index (Phi) is 3.98. The maximum atomic E-state index is 9.67. The van der Waals surface area contributed by atoms with Crippen LogP contribution in [0.5, 0.6) is 11.5 Å². The van der Waals surface area contributed by atoms with E-state index in [-0.39, 0.29) is 11.7 Å². The Morgan fingerprint density at radius 3 is 2.82 bits per heavy atom. The molecule has 1 heterocycles. The Balaban J connectivity index is 1.88. The lowest BCUT2D eigenvalue weighted by Gasteiger charge is -2.13. The summed E-state index contributed by atoms with van der Waals surface area (Å²) in [6.07, 6.45) is 0.729. The highest BCUT2D eigenvalue weighted by Gasteiger charge is 2.16. The number of imidazole rings is 1. The summed E-state index contributed by atoms with van der Waals surface area (Å²) in [5.74, 6) is 1.58. The minimum Gasteiger partial charge on any atom is -0.504 e. The second-order valence-electron chi connectivity index (χ2n) is 5.28. The SMILES string of the molecule is COc1cc(CC(CN)c2nc3ccccc3[nH]2)ccc1O. The maximum Gasteiger partial charge on any atom is 0.160 e. The van der Waals surface area contributed by atoms with E-state index in [9.17, 15) is 5.11 Å². The van der Waals surface area contributed by atoms with Crippen LogP contribution in [-0.4, -0.2) is 28.7 Å². The number of ether oxygens (including phenoxy) is 1. The molecule has 1 aromatic heterocycles. The molecule has 114 valence electrons. The third-order valence-electron chi connectivity index (χ3n) is 3.81. The minimum atomic E-state index is 0.0849. The molecule has 2 aromatic carbocycles. The molecule has 0 saturated heterocycles. The first-order chi connectivity index (χ1) is 10.7. The molecule has 3 rings (SSSR count). The number of methoxy groups -OCH3 is 1. The number of rotatable bonds is 5. The zero-order chi connectivity index (χ0) is 15.5. The highest BCUT2D eigenvalue weighted by Crippen LogP contribution is 2.29. The van der Waals surface area contributed by atoms with Crippen molar-refractivity contribution in [3.8, 4) is 11.5 Å². The van der Waals surface area contributed by atoms with E-state index >= 15 is 0 Å². The van der Waals surface area contributed by atoms with Gasteiger partial charge in [0.15, 0.2) is 11.5 Å². The molecule has 1 unspecified atom stereocenters. The third kappa shape index (κ3) is 2.76. The number of nitrogens with one attached hydrogen (secondary N) is 1. The Morgan fingerprint density at radius 1 is 1.27 bits per heavy atom. The van der Waals surface area contributed by atoms with Crippen LogP contribution in [0.3, 0.4) is 0 Å². The molecule has 4 N–H and O–H groups in total. The van der Waals surface area contributed by atoms with Crippen molar-refractivity contribution in [2.45, 2.75) is 12.3 Å². The van der Waals surface area contributed by atoms with Gasteiger partial charge in [0.25, 0.3) is 0 Å². The van der Waals surface area contributed by atoms with Gasteiger partial charge in [-0.25, -0.2) is 4.98 Å². The summed E-state index contributed by atoms with van der Waals surface area (Å²) in [7, 11) is 1.54. The molecule has 0 aliphatic rings. The molecule has 22 heavy (non-hydrogen) atoms. The van der Waals surface area contributed by atoms with Gasteiger partial charge in [-0.15, -0.1) is 0 Å². The van der Waals surface area contributed by atoms with E-state index in [4.69, 9.17) is 10.5 Å². The Morgan fingerprint density at radius 2 is 2.09 bits per heavy atom. The van der Waals surface area contributed by atoms with Gasteiger partial charge in [-0.05, 0) is 36.2 Å². The summed E-state index contributed by atoms with van der Waals surface area (Å²) in [5.41, 5.74) is 8.94. The Bertz CT molecular complexity index is 749. The van der Waals surface area contributed by atoms with Crippen LogP contribution in [0.2, 0.25) is 0 Å². The normalized spacial score (nSPS) is 12.5. The summed E-state index contributed by atoms with van der Waals surface area (Å²) < 4.78 is 5.15. The molecule has 0 spiro atoms. The lowest BCUT2D eigenvalue weighted by Crippen LogP contribution is -2.16. The fraction of sp³-hybridized carbons (Fsp3) is 0.235. The summed E-state index contributed by atoms with van der Waals surface area (Å²) in [6, 6.07) is 13.3. The first kappa shape index (κ1) is 14.4. The van der Waals surface area contributed by atoms with E-state index in [1.165, 1.54) is 0 Å². The van der Waals surface area contributed by atoms with Gasteiger partial charge < -0.3 is 20.6 Å². The van der Waals surface area contributed by atoms with E-state index in [1.807, 2.05) is 36.4 Å². The fourth-order valence-corrected chi connectivity index (χ4v) is 2.59. The van der Waals surface area contributed by atoms with Gasteiger partial charge in [0.05, 0.1) is 18.1 Å². The lowest BCUT2D eigenvalue weighted by molar-refractivity contribution is 0.373. The molecule has 0 bridgehead atoms. The van der Waals surface area contributed by atoms with Crippen LogP contribution in [0.25, 0.3) is 11.0 Å². The number of nitrogens with zero attached hydrogens (tertiary/aromatic N) is 1. The predicted molar refractivity (Wildman–Crippen MR) is 86.3 cm³/mol. The average Bonchev–Trinajstić information content (AvgIpc) is 2.97. The third-order valence-corrected chi connectivity index (χ3v) is 3.81. The zero-order valence-corrected chi connectivity index (χ0v) is 12.4. The average molecular weight is 297 g/mol. The van der Waals surface area contributed by atoms with Crippen molar-refractivity contribution < 1.29 is 9.84 Å². The van der Waals surface area contributed by atoms with Crippen LogP contribution in [-0.2, 0) is 6.42 Å². The first-order valence-corrected chi connectivity index (χ1v) is 7.22. The number of phenolic OH excluding ortho intramolecular Hbond substituents is 1. The summed E-state index contributed by atoms with van der Waals surface area (Å²) >= 11 is 0. The fourth-order valence-electron chi connectivity index (χ4n) is 2.59. The van der Waals surface area contributed by atoms with Gasteiger partial charge in [0.1, 0.15) is 5.82 Å². The molecule has 3 aromatic rings. The van der Waals surface area contributed by atoms with Crippen LogP contribution in [0, 0.1) is 0 Å². The number of hydrogen-bond acceptors (Lipinski definition) is 4. The highest BCUT2D eigenvalue weighted by atomic mass is 16.5. The van der Waals surface area contributed by atoms with Crippen LogP contribution in [0.15, 0.2) is 42.5 Å². The molecule has 5 heteroatoms. The molecular formula is C17H19N3O2. The van der Waals surface area contributed by atoms with Gasteiger partial charge in [-0.3, -0.25) is 0 Å². The topological polar surface area (TPSA) is 84.2 Å². The Labute approximate surface area is 128 Å². The van der Waals surface area contributed by atoms with Crippen molar-refractivity contribution in [2.24, 2.45) is 5.73 Å². The summed E-state index contributed by atoms with van der Waals surface area (Å²) in [4.78, 5) is 7.96. The maximum absolute atomic E-state index is 9.67. The van der Waals surface area contributed by atoms with Gasteiger partial charge in [0, 0.05) is 12.5 Å². The van der Waals surface area contributed by atoms with Crippen LogP contribution in [0.1, 0.15) is 17.3 Å². The smallest absolute Gasteiger partial charge is 0.160 e. The Hall–Kier alpha value is -2.53. The number of fused-ring (bicyclic) bond motifs is 1. The number of aromatic hydroxyl groups is 1. The first-order valence-electron chi connectivity index (χ1n) is 7.22. The minimum absolute atomic E-state index is 0.0849. The van der Waals surface area contributed by atoms with Crippen LogP contribution < -0.4 is 10.5 Å². The number of aromatic amines is 1. The molecule has 0 aliphatic carbocycles. The van der Waals surface area contributed by atoms with Crippen molar-refractivity contribution in [3.63, 3.8) is 0 Å². The molecule has 0 amide bonds. The zero-order valence-electron chi connectivity index (χ0n) is 12.4. The number of nitrogens with two attached hydrogens (primary N) is 1. The van der Waals surface area contributed by atoms with Crippen LogP contribution in [0.4, 0.5) is 0 Å². The molecule has 0 radical (unpaired) electrons. The van der Waals surface area contributed by atoms with Crippen molar-refractivity contribution >= 4 is 11.0 Å². The number of para-hydroxylation sites is 2. The number of aromatic nitrogens is 2. The highest BCUT2D eigenvalue weighted by molar-refractivity contribution is 5.74. The lowest BCUT2D eigenvalue weighted by atomic mass is 9.98. The molecule has 0 fully saturated rings. The molecular weight excluding hydrogens is 278 g/mol. The van der Waals surface area contributed by atoms with E-state index in [2.05, 4.69) is 9.97 Å². The molecule has 1 atom stereocenters. The largest absolute Gasteiger partial charge is 0.504 e. The molecule has 0 saturated carbocycles. The second-order valence-corrected chi connectivity index (χ2v) is 5.28. The van der Waals surface area contributed by atoms with Gasteiger partial charge in [-0.1, -0.05) is 18.2 Å². The predicted octanol–water partition coefficient (Wildman–Crippen LogP) is 2.56. The number of benzene rings is 2. The van der Waals surface area contributed by atoms with E-state index in [0.717, 1.165) is 28.8 Å². The molecule has 0 aliphatic heterocycles. The quantitative estimate of drug-likeness (QED) is 0.676. The van der Waals surface area contributed by atoms with E-state index in [0.29, 0.717) is 12.3 Å². The number of H-pyrrole nitrogens is 1. The van der Waals surface area contributed by atoms with Gasteiger partial charge in [-0.2, -0.15) is 0 Å². The van der Waals surface area contributed by atoms with Crippen molar-refractivity contribution in [1.82, 2.24) is 9.97 Å². The monoisotopic (exact) mass is 297 g/mol. The number of hydrogen-bond donors (Lipinski definition) is 3. The number of phenols is 1. The second kappa shape index (κ2) is 6.07. The standard InChI is InChI=1S/C17H19N3O2/c1-22-16-9-11(6-7-15(16)21)8-12(10-18)17-19-13-4-2-3-5-14(13)20-17/h2-7,9,12,21H,8,10,18H2,1H3,(H,19,20). The summed E-state index contributed by atoms with van der Waals surface area (Å²) in [6.45, 7) is 0.489. The van der Waals surface area contributed by atoms with E-state index in [1.54, 1.807) is 13.2 Å².